The van der Waals surface area contributed by atoms with Crippen LogP contribution in [0, 0.1) is 0 Å². The third-order valence-electron chi connectivity index (χ3n) is 15.2. The van der Waals surface area contributed by atoms with Crippen LogP contribution in [0.3, 0.4) is 0 Å². The van der Waals surface area contributed by atoms with Crippen LogP contribution in [0.25, 0.3) is 0 Å². The number of rotatable bonds is 62. The van der Waals surface area contributed by atoms with Gasteiger partial charge in [-0.3, -0.25) is 14.4 Å². The van der Waals surface area contributed by atoms with Crippen LogP contribution >= 0.6 is 0 Å². The lowest BCUT2D eigenvalue weighted by Gasteiger charge is -2.18. The third kappa shape index (κ3) is 60.8. The summed E-state index contributed by atoms with van der Waals surface area (Å²) in [5.74, 6) is -0.841. The molecule has 436 valence electrons. The van der Waals surface area contributed by atoms with Gasteiger partial charge in [0.1, 0.15) is 13.2 Å². The molecule has 74 heavy (non-hydrogen) atoms. The van der Waals surface area contributed by atoms with E-state index in [1.807, 2.05) is 0 Å². The summed E-state index contributed by atoms with van der Waals surface area (Å²) < 4.78 is 16.9. The Hall–Kier alpha value is -2.11. The summed E-state index contributed by atoms with van der Waals surface area (Å²) in [5, 5.41) is 0. The topological polar surface area (TPSA) is 78.9 Å². The number of allylic oxidation sites excluding steroid dienone is 4. The highest BCUT2D eigenvalue weighted by Gasteiger charge is 2.19. The highest BCUT2D eigenvalue weighted by molar-refractivity contribution is 5.71. The average Bonchev–Trinajstić information content (AvgIpc) is 3.40. The van der Waals surface area contributed by atoms with E-state index in [0.717, 1.165) is 64.2 Å². The molecule has 0 amide bonds. The minimum atomic E-state index is -0.762. The molecular weight excluding hydrogens is 913 g/mol. The molecule has 0 aromatic carbocycles. The third-order valence-corrected chi connectivity index (χ3v) is 15.2. The summed E-state index contributed by atoms with van der Waals surface area (Å²) >= 11 is 0. The molecular formula is C68H128O6. The average molecular weight is 1040 g/mol. The Morgan fingerprint density at radius 1 is 0.270 bits per heavy atom. The Balaban J connectivity index is 3.91. The fraction of sp³-hybridized carbons (Fsp3) is 0.897. The lowest BCUT2D eigenvalue weighted by molar-refractivity contribution is -0.167. The maximum atomic E-state index is 12.8. The van der Waals surface area contributed by atoms with Crippen molar-refractivity contribution in [2.24, 2.45) is 0 Å². The van der Waals surface area contributed by atoms with E-state index in [-0.39, 0.29) is 31.1 Å². The highest BCUT2D eigenvalue weighted by Crippen LogP contribution is 2.18. The number of hydrogen-bond acceptors (Lipinski definition) is 6. The van der Waals surface area contributed by atoms with E-state index >= 15 is 0 Å². The minimum Gasteiger partial charge on any atom is -0.462 e. The molecule has 0 saturated heterocycles. The number of ether oxygens (including phenoxy) is 3. The molecule has 0 saturated carbocycles. The van der Waals surface area contributed by atoms with Gasteiger partial charge in [-0.05, 0) is 51.4 Å². The van der Waals surface area contributed by atoms with Crippen LogP contribution in [0.15, 0.2) is 24.3 Å². The fourth-order valence-corrected chi connectivity index (χ4v) is 10.2. The van der Waals surface area contributed by atoms with Crippen molar-refractivity contribution in [3.63, 3.8) is 0 Å². The van der Waals surface area contributed by atoms with Gasteiger partial charge >= 0.3 is 17.9 Å². The molecule has 0 aromatic rings. The second-order valence-corrected chi connectivity index (χ2v) is 22.7. The molecule has 0 N–H and O–H groups in total. The number of carbonyl (C=O) groups is 3. The summed E-state index contributed by atoms with van der Waals surface area (Å²) in [4.78, 5) is 38.1. The lowest BCUT2D eigenvalue weighted by atomic mass is 10.0. The van der Waals surface area contributed by atoms with Crippen molar-refractivity contribution in [2.45, 2.75) is 380 Å². The predicted octanol–water partition coefficient (Wildman–Crippen LogP) is 22.6. The van der Waals surface area contributed by atoms with Gasteiger partial charge in [0.15, 0.2) is 6.10 Å². The summed E-state index contributed by atoms with van der Waals surface area (Å²) in [6.07, 6.45) is 76.6. The molecule has 0 heterocycles. The van der Waals surface area contributed by atoms with E-state index in [1.54, 1.807) is 0 Å². The predicted molar refractivity (Wildman–Crippen MR) is 321 cm³/mol. The molecule has 6 nitrogen and oxygen atoms in total. The molecule has 0 aliphatic rings. The highest BCUT2D eigenvalue weighted by atomic mass is 16.6. The molecule has 0 rings (SSSR count). The van der Waals surface area contributed by atoms with Crippen LogP contribution in [0.2, 0.25) is 0 Å². The zero-order valence-electron chi connectivity index (χ0n) is 50.1. The summed E-state index contributed by atoms with van der Waals surface area (Å²) in [6.45, 7) is 6.66. The van der Waals surface area contributed by atoms with Crippen LogP contribution in [-0.2, 0) is 28.6 Å². The molecule has 0 spiro atoms. The van der Waals surface area contributed by atoms with Crippen LogP contribution in [0.5, 0.6) is 0 Å². The Kier molecular flexibility index (Phi) is 61.6. The van der Waals surface area contributed by atoms with Crippen molar-refractivity contribution in [1.82, 2.24) is 0 Å². The van der Waals surface area contributed by atoms with Crippen molar-refractivity contribution >= 4 is 17.9 Å². The van der Waals surface area contributed by atoms with Gasteiger partial charge in [-0.15, -0.1) is 0 Å². The van der Waals surface area contributed by atoms with Crippen molar-refractivity contribution in [3.8, 4) is 0 Å². The lowest BCUT2D eigenvalue weighted by Crippen LogP contribution is -2.30. The van der Waals surface area contributed by atoms with E-state index in [4.69, 9.17) is 14.2 Å². The van der Waals surface area contributed by atoms with Crippen LogP contribution in [-0.4, -0.2) is 37.2 Å². The Morgan fingerprint density at radius 3 is 0.743 bits per heavy atom. The van der Waals surface area contributed by atoms with Crippen molar-refractivity contribution in [2.75, 3.05) is 13.2 Å². The summed E-state index contributed by atoms with van der Waals surface area (Å²) in [6, 6.07) is 0. The monoisotopic (exact) mass is 1040 g/mol. The maximum absolute atomic E-state index is 12.8. The van der Waals surface area contributed by atoms with E-state index < -0.39 is 6.10 Å². The smallest absolute Gasteiger partial charge is 0.306 e. The normalized spacial score (nSPS) is 12.1. The van der Waals surface area contributed by atoms with E-state index in [0.29, 0.717) is 19.3 Å². The largest absolute Gasteiger partial charge is 0.462 e. The van der Waals surface area contributed by atoms with Gasteiger partial charge < -0.3 is 14.2 Å². The number of esters is 3. The van der Waals surface area contributed by atoms with Crippen molar-refractivity contribution in [3.05, 3.63) is 24.3 Å². The first-order valence-corrected chi connectivity index (χ1v) is 33.3. The molecule has 0 radical (unpaired) electrons. The number of unbranched alkanes of at least 4 members (excludes halogenated alkanes) is 47. The maximum Gasteiger partial charge on any atom is 0.306 e. The van der Waals surface area contributed by atoms with Crippen LogP contribution < -0.4 is 0 Å². The quantitative estimate of drug-likeness (QED) is 0.0261. The molecule has 6 heteroatoms. The first-order valence-electron chi connectivity index (χ1n) is 33.3. The van der Waals surface area contributed by atoms with Gasteiger partial charge in [0.25, 0.3) is 0 Å². The van der Waals surface area contributed by atoms with E-state index in [2.05, 4.69) is 45.1 Å². The van der Waals surface area contributed by atoms with Crippen molar-refractivity contribution < 1.29 is 28.6 Å². The van der Waals surface area contributed by atoms with Gasteiger partial charge in [0.05, 0.1) is 0 Å². The summed E-state index contributed by atoms with van der Waals surface area (Å²) in [5.41, 5.74) is 0. The van der Waals surface area contributed by atoms with Crippen LogP contribution in [0.4, 0.5) is 0 Å². The molecule has 0 aliphatic carbocycles. The molecule has 0 aromatic heterocycles. The molecule has 0 aliphatic heterocycles. The zero-order chi connectivity index (χ0) is 53.6. The second-order valence-electron chi connectivity index (χ2n) is 22.7. The Labute approximate surface area is 462 Å². The van der Waals surface area contributed by atoms with Gasteiger partial charge in [-0.1, -0.05) is 328 Å². The number of carbonyl (C=O) groups excluding carboxylic acids is 3. The molecule has 1 unspecified atom stereocenters. The molecule has 0 fully saturated rings. The summed E-state index contributed by atoms with van der Waals surface area (Å²) in [7, 11) is 0. The Bertz CT molecular complexity index is 1190. The number of hydrogen-bond donors (Lipinski definition) is 0. The SMILES string of the molecule is CCCCCCC/C=C\C/C=C\CCCCCCCCCCCCCCCCCCCCCCCCCC(=O)OCC(COC(=O)CCCCCCCCCCCC)OC(=O)CCCCCCCCCCCCC. The second kappa shape index (κ2) is 63.4. The molecule has 1 atom stereocenters. The van der Waals surface area contributed by atoms with Gasteiger partial charge in [0, 0.05) is 19.3 Å². The van der Waals surface area contributed by atoms with E-state index in [9.17, 15) is 14.4 Å². The van der Waals surface area contributed by atoms with E-state index in [1.165, 1.54) is 270 Å². The van der Waals surface area contributed by atoms with Crippen LogP contribution in [0.1, 0.15) is 374 Å². The van der Waals surface area contributed by atoms with Gasteiger partial charge in [-0.2, -0.15) is 0 Å². The van der Waals surface area contributed by atoms with Gasteiger partial charge in [0.2, 0.25) is 0 Å². The first-order chi connectivity index (χ1) is 36.5. The standard InChI is InChI=1S/C68H128O6/c1-4-7-10-13-16-19-22-23-24-25-26-27-28-29-30-31-32-33-34-35-36-37-38-39-40-41-42-43-44-45-47-49-52-55-58-61-67(70)73-64-65(63-72-66(69)60-57-54-51-48-21-18-15-12-9-6-3)74-68(71)62-59-56-53-50-46-20-17-14-11-8-5-2/h22-23,25-26,65H,4-21,24,27-64H2,1-3H3/b23-22-,26-25-. The minimum absolute atomic E-state index is 0.0636. The zero-order valence-corrected chi connectivity index (χ0v) is 50.1. The van der Waals surface area contributed by atoms with Crippen molar-refractivity contribution in [1.29, 1.82) is 0 Å². The Morgan fingerprint density at radius 2 is 0.486 bits per heavy atom. The fourth-order valence-electron chi connectivity index (χ4n) is 10.2. The molecule has 0 bridgehead atoms. The van der Waals surface area contributed by atoms with Gasteiger partial charge in [-0.25, -0.2) is 0 Å². The first kappa shape index (κ1) is 71.9.